The van der Waals surface area contributed by atoms with Crippen molar-refractivity contribution in [2.75, 3.05) is 24.3 Å². The fourth-order valence-corrected chi connectivity index (χ4v) is 3.31. The maximum atomic E-state index is 13.3. The molecule has 158 valence electrons. The predicted molar refractivity (Wildman–Crippen MR) is 119 cm³/mol. The van der Waals surface area contributed by atoms with Crippen molar-refractivity contribution in [1.82, 2.24) is 4.90 Å². The molecule has 0 fully saturated rings. The Labute approximate surface area is 171 Å². The van der Waals surface area contributed by atoms with E-state index in [0.717, 1.165) is 29.8 Å². The summed E-state index contributed by atoms with van der Waals surface area (Å²) in [7, 11) is 4.00. The second-order valence-electron chi connectivity index (χ2n) is 8.10. The quantitative estimate of drug-likeness (QED) is 0.618. The lowest BCUT2D eigenvalue weighted by Crippen LogP contribution is -2.44. The molecule has 0 aliphatic carbocycles. The number of benzene rings is 1. The van der Waals surface area contributed by atoms with Crippen LogP contribution >= 0.6 is 0 Å². The van der Waals surface area contributed by atoms with Crippen LogP contribution in [0.25, 0.3) is 0 Å². The van der Waals surface area contributed by atoms with Crippen molar-refractivity contribution in [1.29, 1.82) is 0 Å². The lowest BCUT2D eigenvalue weighted by Gasteiger charge is -2.35. The van der Waals surface area contributed by atoms with Crippen molar-refractivity contribution in [2.45, 2.75) is 73.4 Å². The highest BCUT2D eigenvalue weighted by Gasteiger charge is 2.28. The van der Waals surface area contributed by atoms with Gasteiger partial charge in [0.1, 0.15) is 0 Å². The first-order chi connectivity index (χ1) is 13.2. The molecule has 1 rings (SSSR count). The smallest absolute Gasteiger partial charge is 0.226 e. The molecule has 0 radical (unpaired) electrons. The Kier molecular flexibility index (Phi) is 9.50. The van der Waals surface area contributed by atoms with E-state index < -0.39 is 0 Å². The van der Waals surface area contributed by atoms with Gasteiger partial charge in [0.2, 0.25) is 11.8 Å². The van der Waals surface area contributed by atoms with E-state index in [1.54, 1.807) is 0 Å². The minimum Gasteiger partial charge on any atom is -0.377 e. The molecule has 0 heterocycles. The fraction of sp³-hybridized carbons (Fsp3) is 0.652. The summed E-state index contributed by atoms with van der Waals surface area (Å²) in [6.07, 6.45) is 2.14. The Morgan fingerprint density at radius 1 is 1.04 bits per heavy atom. The van der Waals surface area contributed by atoms with Crippen molar-refractivity contribution in [3.8, 4) is 0 Å². The number of rotatable bonds is 10. The third kappa shape index (κ3) is 6.25. The van der Waals surface area contributed by atoms with Crippen LogP contribution < -0.4 is 10.2 Å². The first-order valence-electron chi connectivity index (χ1n) is 10.6. The highest BCUT2D eigenvalue weighted by Crippen LogP contribution is 2.28. The summed E-state index contributed by atoms with van der Waals surface area (Å²) in [6.45, 7) is 13.0. The maximum Gasteiger partial charge on any atom is 0.226 e. The monoisotopic (exact) mass is 389 g/mol. The maximum absolute atomic E-state index is 13.3. The molecular formula is C23H39N3O2. The lowest BCUT2D eigenvalue weighted by atomic mass is 9.97. The Morgan fingerprint density at radius 2 is 1.64 bits per heavy atom. The number of hydrogen-bond donors (Lipinski definition) is 1. The number of amides is 2. The van der Waals surface area contributed by atoms with Crippen LogP contribution in [-0.4, -0.2) is 36.9 Å². The highest BCUT2D eigenvalue weighted by molar-refractivity contribution is 5.91. The molecule has 0 saturated carbocycles. The van der Waals surface area contributed by atoms with Crippen LogP contribution in [0.5, 0.6) is 0 Å². The molecule has 5 nitrogen and oxygen atoms in total. The first-order valence-corrected chi connectivity index (χ1v) is 10.6. The van der Waals surface area contributed by atoms with Crippen LogP contribution in [0.1, 0.15) is 66.4 Å². The highest BCUT2D eigenvalue weighted by atomic mass is 16.2. The number of carbonyl (C=O) groups excluding carboxylic acids is 2. The minimum atomic E-state index is -0.0101. The third-order valence-electron chi connectivity index (χ3n) is 5.58. The number of nitrogens with zero attached hydrogens (tertiary/aromatic N) is 2. The van der Waals surface area contributed by atoms with E-state index in [4.69, 9.17) is 0 Å². The molecule has 1 aromatic rings. The third-order valence-corrected chi connectivity index (χ3v) is 5.58. The van der Waals surface area contributed by atoms with Gasteiger partial charge in [0.15, 0.2) is 0 Å². The summed E-state index contributed by atoms with van der Waals surface area (Å²) < 4.78 is 0. The summed E-state index contributed by atoms with van der Waals surface area (Å²) in [6, 6.07) is 6.08. The summed E-state index contributed by atoms with van der Waals surface area (Å²) >= 11 is 0. The summed E-state index contributed by atoms with van der Waals surface area (Å²) in [4.78, 5) is 29.2. The van der Waals surface area contributed by atoms with Crippen molar-refractivity contribution >= 4 is 23.2 Å². The van der Waals surface area contributed by atoms with E-state index in [2.05, 4.69) is 44.8 Å². The molecule has 1 N–H and O–H groups in total. The van der Waals surface area contributed by atoms with Crippen LogP contribution in [0.3, 0.4) is 0 Å². The number of anilines is 2. The van der Waals surface area contributed by atoms with Crippen molar-refractivity contribution in [3.63, 3.8) is 0 Å². The van der Waals surface area contributed by atoms with E-state index >= 15 is 0 Å². The zero-order valence-corrected chi connectivity index (χ0v) is 19.0. The average molecular weight is 390 g/mol. The summed E-state index contributed by atoms with van der Waals surface area (Å²) in [5.41, 5.74) is 2.89. The van der Waals surface area contributed by atoms with E-state index in [9.17, 15) is 9.59 Å². The van der Waals surface area contributed by atoms with Crippen LogP contribution in [0.2, 0.25) is 0 Å². The van der Waals surface area contributed by atoms with E-state index in [1.165, 1.54) is 0 Å². The van der Waals surface area contributed by atoms with Gasteiger partial charge in [-0.15, -0.1) is 0 Å². The van der Waals surface area contributed by atoms with Crippen molar-refractivity contribution in [3.05, 3.63) is 23.8 Å². The number of nitrogens with one attached hydrogen (secondary N) is 1. The Balaban J connectivity index is 3.32. The van der Waals surface area contributed by atoms with Gasteiger partial charge >= 0.3 is 0 Å². The molecule has 0 aliphatic heterocycles. The van der Waals surface area contributed by atoms with Gasteiger partial charge in [-0.2, -0.15) is 0 Å². The van der Waals surface area contributed by atoms with E-state index in [-0.39, 0.29) is 23.8 Å². The van der Waals surface area contributed by atoms with Gasteiger partial charge in [0, 0.05) is 50.4 Å². The second kappa shape index (κ2) is 11.1. The molecule has 2 amide bonds. The molecule has 1 atom stereocenters. The van der Waals surface area contributed by atoms with Gasteiger partial charge in [-0.25, -0.2) is 0 Å². The second-order valence-corrected chi connectivity index (χ2v) is 8.10. The van der Waals surface area contributed by atoms with Gasteiger partial charge < -0.3 is 15.1 Å². The topological polar surface area (TPSA) is 52.7 Å². The van der Waals surface area contributed by atoms with Gasteiger partial charge in [-0.1, -0.05) is 34.6 Å². The Morgan fingerprint density at radius 3 is 2.11 bits per heavy atom. The SMILES string of the molecule is CCC(=O)Nc1ccc(N(C)C)c(CN(C(=O)C(CC)CC)[C@@H](C)C(C)C)c1. The summed E-state index contributed by atoms with van der Waals surface area (Å²) in [5.74, 6) is 0.624. The molecule has 5 heteroatoms. The van der Waals surface area contributed by atoms with Crippen molar-refractivity contribution < 1.29 is 9.59 Å². The summed E-state index contributed by atoms with van der Waals surface area (Å²) in [5, 5.41) is 2.94. The molecule has 0 saturated heterocycles. The normalized spacial score (nSPS) is 12.2. The van der Waals surface area contributed by atoms with Gasteiger partial charge in [0.05, 0.1) is 0 Å². The van der Waals surface area contributed by atoms with Crippen LogP contribution in [0.4, 0.5) is 11.4 Å². The minimum absolute atomic E-state index is 0.0101. The molecule has 28 heavy (non-hydrogen) atoms. The van der Waals surface area contributed by atoms with Crippen LogP contribution in [0.15, 0.2) is 18.2 Å². The zero-order valence-electron chi connectivity index (χ0n) is 19.0. The van der Waals surface area contributed by atoms with Gasteiger partial charge in [-0.05, 0) is 49.4 Å². The molecule has 0 aliphatic rings. The molecule has 0 aromatic heterocycles. The number of carbonyl (C=O) groups is 2. The van der Waals surface area contributed by atoms with Gasteiger partial charge in [0.25, 0.3) is 0 Å². The first kappa shape index (κ1) is 24.0. The van der Waals surface area contributed by atoms with Crippen molar-refractivity contribution in [2.24, 2.45) is 11.8 Å². The van der Waals surface area contributed by atoms with Crippen LogP contribution in [0, 0.1) is 11.8 Å². The molecule has 1 aromatic carbocycles. The van der Waals surface area contributed by atoms with Crippen LogP contribution in [-0.2, 0) is 16.1 Å². The average Bonchev–Trinajstić information content (AvgIpc) is 2.66. The molecular weight excluding hydrogens is 350 g/mol. The standard InChI is InChI=1S/C23H39N3O2/c1-9-18(10-2)23(28)26(17(6)16(4)5)15-19-14-20(24-22(27)11-3)12-13-21(19)25(7)8/h12-14,16-18H,9-11,15H2,1-8H3,(H,24,27)/t17-/m0/s1. The Bertz CT molecular complexity index is 651. The molecule has 0 unspecified atom stereocenters. The molecule has 0 bridgehead atoms. The van der Waals surface area contributed by atoms with E-state index in [1.807, 2.05) is 44.1 Å². The van der Waals surface area contributed by atoms with Gasteiger partial charge in [-0.3, -0.25) is 9.59 Å². The predicted octanol–water partition coefficient (Wildman–Crippen LogP) is 4.91. The van der Waals surface area contributed by atoms with E-state index in [0.29, 0.717) is 18.9 Å². The Hall–Kier alpha value is -2.04. The lowest BCUT2D eigenvalue weighted by molar-refractivity contribution is -0.139. The number of hydrogen-bond acceptors (Lipinski definition) is 3. The fourth-order valence-electron chi connectivity index (χ4n) is 3.31. The zero-order chi connectivity index (χ0) is 21.4. The largest absolute Gasteiger partial charge is 0.377 e. The molecule has 0 spiro atoms.